The first kappa shape index (κ1) is 23.2. The lowest BCUT2D eigenvalue weighted by Crippen LogP contribution is -2.50. The largest absolute Gasteiger partial charge is 0.489 e. The number of piperidine rings is 1. The van der Waals surface area contributed by atoms with Crippen molar-refractivity contribution in [1.82, 2.24) is 20.1 Å². The van der Waals surface area contributed by atoms with E-state index in [0.717, 1.165) is 55.9 Å². The predicted molar refractivity (Wildman–Crippen MR) is 122 cm³/mol. The molecule has 1 unspecified atom stereocenters. The molecular formula is C24H38N4O. The fourth-order valence-corrected chi connectivity index (χ4v) is 4.03. The molecule has 0 spiro atoms. The van der Waals surface area contributed by atoms with Crippen LogP contribution in [0.5, 0.6) is 0 Å². The van der Waals surface area contributed by atoms with Gasteiger partial charge in [-0.1, -0.05) is 25.3 Å². The van der Waals surface area contributed by atoms with Crippen molar-refractivity contribution in [3.8, 4) is 0 Å². The Morgan fingerprint density at radius 1 is 1.34 bits per heavy atom. The molecule has 0 amide bonds. The van der Waals surface area contributed by atoms with Crippen LogP contribution in [-0.4, -0.2) is 61.7 Å². The number of allylic oxidation sites excluding steroid dienone is 2. The summed E-state index contributed by atoms with van der Waals surface area (Å²) >= 11 is 0. The van der Waals surface area contributed by atoms with Gasteiger partial charge in [-0.15, -0.1) is 0 Å². The first-order valence-corrected chi connectivity index (χ1v) is 10.5. The Labute approximate surface area is 177 Å². The first-order valence-electron chi connectivity index (χ1n) is 10.5. The summed E-state index contributed by atoms with van der Waals surface area (Å²) in [7, 11) is 6.28. The minimum Gasteiger partial charge on any atom is -0.489 e. The van der Waals surface area contributed by atoms with E-state index in [2.05, 4.69) is 73.3 Å². The summed E-state index contributed by atoms with van der Waals surface area (Å²) in [5.41, 5.74) is 3.27. The minimum atomic E-state index is -0.0472. The number of pyridine rings is 1. The number of hydrogen-bond acceptors (Lipinski definition) is 5. The third-order valence-electron chi connectivity index (χ3n) is 6.22. The highest BCUT2D eigenvalue weighted by Gasteiger charge is 2.39. The molecule has 2 heterocycles. The van der Waals surface area contributed by atoms with Crippen LogP contribution in [0, 0.1) is 0 Å². The van der Waals surface area contributed by atoms with Crippen LogP contribution in [0.3, 0.4) is 0 Å². The Hall–Kier alpha value is -2.11. The van der Waals surface area contributed by atoms with Gasteiger partial charge in [-0.3, -0.25) is 9.88 Å². The van der Waals surface area contributed by atoms with Gasteiger partial charge in [0.25, 0.3) is 0 Å². The number of nitrogens with zero attached hydrogens (tertiary/aromatic N) is 3. The molecule has 160 valence electrons. The molecule has 1 N–H and O–H groups in total. The summed E-state index contributed by atoms with van der Waals surface area (Å²) in [6, 6.07) is 6.22. The lowest BCUT2D eigenvalue weighted by molar-refractivity contribution is 0.0579. The van der Waals surface area contributed by atoms with E-state index in [9.17, 15) is 0 Å². The lowest BCUT2D eigenvalue weighted by Gasteiger charge is -2.46. The van der Waals surface area contributed by atoms with E-state index in [0.29, 0.717) is 0 Å². The standard InChI is InChI=1S/C24H38N4O/c1-8-19(2)22(12-16-25-5)29-21(4)20(3)28-17-13-24(14-18-28,27(6)7)23-11-9-10-15-26-23/h8-11,15,22,25H,1-2,12-14,16-18H2,3-7H3/b21-20-. The molecule has 0 radical (unpaired) electrons. The zero-order valence-electron chi connectivity index (χ0n) is 18.9. The van der Waals surface area contributed by atoms with Gasteiger partial charge in [-0.2, -0.15) is 0 Å². The van der Waals surface area contributed by atoms with Crippen molar-refractivity contribution in [1.29, 1.82) is 0 Å². The van der Waals surface area contributed by atoms with Crippen LogP contribution in [0.4, 0.5) is 0 Å². The van der Waals surface area contributed by atoms with Crippen LogP contribution in [-0.2, 0) is 10.3 Å². The molecule has 0 saturated carbocycles. The molecule has 1 atom stereocenters. The summed E-state index contributed by atoms with van der Waals surface area (Å²) in [4.78, 5) is 9.44. The molecule has 5 nitrogen and oxygen atoms in total. The van der Waals surface area contributed by atoms with Gasteiger partial charge in [0.05, 0.1) is 11.2 Å². The van der Waals surface area contributed by atoms with Crippen molar-refractivity contribution < 1.29 is 4.74 Å². The molecule has 1 aromatic heterocycles. The van der Waals surface area contributed by atoms with E-state index in [1.165, 1.54) is 5.70 Å². The molecule has 1 aromatic rings. The number of ether oxygens (including phenoxy) is 1. The van der Waals surface area contributed by atoms with Crippen LogP contribution < -0.4 is 5.32 Å². The maximum Gasteiger partial charge on any atom is 0.124 e. The van der Waals surface area contributed by atoms with Crippen LogP contribution in [0.1, 0.15) is 38.8 Å². The van der Waals surface area contributed by atoms with Gasteiger partial charge >= 0.3 is 0 Å². The SMILES string of the molecule is C=CC(=C)C(CCNC)O/C(C)=C(/C)N1CCC(c2ccccn2)(N(C)C)CC1. The van der Waals surface area contributed by atoms with Crippen LogP contribution in [0.15, 0.2) is 60.7 Å². The molecule has 0 aliphatic carbocycles. The van der Waals surface area contributed by atoms with E-state index < -0.39 is 0 Å². The maximum absolute atomic E-state index is 6.31. The number of aromatic nitrogens is 1. The van der Waals surface area contributed by atoms with E-state index in [4.69, 9.17) is 4.74 Å². The molecule has 1 fully saturated rings. The lowest BCUT2D eigenvalue weighted by atomic mass is 9.82. The van der Waals surface area contributed by atoms with Gasteiger partial charge in [0.15, 0.2) is 0 Å². The number of rotatable bonds is 10. The van der Waals surface area contributed by atoms with Crippen molar-refractivity contribution >= 4 is 0 Å². The van der Waals surface area contributed by atoms with E-state index >= 15 is 0 Å². The summed E-state index contributed by atoms with van der Waals surface area (Å²) in [6.45, 7) is 15.0. The Bertz CT molecular complexity index is 703. The molecule has 29 heavy (non-hydrogen) atoms. The van der Waals surface area contributed by atoms with Crippen molar-refractivity contribution in [3.05, 3.63) is 66.4 Å². The second-order valence-corrected chi connectivity index (χ2v) is 8.05. The fraction of sp³-hybridized carbons (Fsp3) is 0.542. The summed E-state index contributed by atoms with van der Waals surface area (Å²) < 4.78 is 6.31. The van der Waals surface area contributed by atoms with Gasteiger partial charge in [0.2, 0.25) is 0 Å². The quantitative estimate of drug-likeness (QED) is 0.478. The van der Waals surface area contributed by atoms with Gasteiger partial charge in [0.1, 0.15) is 11.9 Å². The highest BCUT2D eigenvalue weighted by molar-refractivity contribution is 5.20. The Morgan fingerprint density at radius 2 is 2.03 bits per heavy atom. The van der Waals surface area contributed by atoms with E-state index in [-0.39, 0.29) is 11.6 Å². The van der Waals surface area contributed by atoms with Gasteiger partial charge in [0, 0.05) is 31.4 Å². The molecule has 1 saturated heterocycles. The molecule has 0 bridgehead atoms. The number of nitrogens with one attached hydrogen (secondary N) is 1. The van der Waals surface area contributed by atoms with Crippen molar-refractivity contribution in [2.45, 2.75) is 44.8 Å². The van der Waals surface area contributed by atoms with Crippen molar-refractivity contribution in [2.24, 2.45) is 0 Å². The van der Waals surface area contributed by atoms with Crippen molar-refractivity contribution in [3.63, 3.8) is 0 Å². The van der Waals surface area contributed by atoms with E-state index in [1.807, 2.05) is 19.3 Å². The third kappa shape index (κ3) is 5.49. The summed E-state index contributed by atoms with van der Waals surface area (Å²) in [6.07, 6.45) is 6.58. The van der Waals surface area contributed by atoms with Gasteiger partial charge in [-0.25, -0.2) is 0 Å². The zero-order valence-corrected chi connectivity index (χ0v) is 18.9. The molecule has 1 aliphatic heterocycles. The molecular weight excluding hydrogens is 360 g/mol. The second kappa shape index (κ2) is 10.6. The zero-order chi connectivity index (χ0) is 21.4. The predicted octanol–water partition coefficient (Wildman–Crippen LogP) is 3.92. The van der Waals surface area contributed by atoms with Crippen LogP contribution in [0.25, 0.3) is 0 Å². The Balaban J connectivity index is 2.11. The molecule has 0 aromatic carbocycles. The second-order valence-electron chi connectivity index (χ2n) is 8.05. The van der Waals surface area contributed by atoms with E-state index in [1.54, 1.807) is 6.08 Å². The van der Waals surface area contributed by atoms with Crippen LogP contribution >= 0.6 is 0 Å². The molecule has 2 rings (SSSR count). The monoisotopic (exact) mass is 398 g/mol. The average Bonchev–Trinajstić information content (AvgIpc) is 2.75. The third-order valence-corrected chi connectivity index (χ3v) is 6.22. The highest BCUT2D eigenvalue weighted by atomic mass is 16.5. The number of hydrogen-bond donors (Lipinski definition) is 1. The average molecular weight is 399 g/mol. The molecule has 5 heteroatoms. The first-order chi connectivity index (χ1) is 13.9. The molecule has 1 aliphatic rings. The topological polar surface area (TPSA) is 40.6 Å². The Morgan fingerprint density at radius 3 is 2.55 bits per heavy atom. The summed E-state index contributed by atoms with van der Waals surface area (Å²) in [5, 5.41) is 3.19. The smallest absolute Gasteiger partial charge is 0.124 e. The summed E-state index contributed by atoms with van der Waals surface area (Å²) in [5.74, 6) is 0.962. The van der Waals surface area contributed by atoms with Gasteiger partial charge < -0.3 is 15.0 Å². The minimum absolute atomic E-state index is 0.0146. The van der Waals surface area contributed by atoms with Crippen LogP contribution in [0.2, 0.25) is 0 Å². The Kier molecular flexibility index (Phi) is 8.47. The van der Waals surface area contributed by atoms with Gasteiger partial charge in [-0.05, 0) is 72.1 Å². The normalized spacial score (nSPS) is 18.2. The van der Waals surface area contributed by atoms with Crippen molar-refractivity contribution in [2.75, 3.05) is 40.8 Å². The highest BCUT2D eigenvalue weighted by Crippen LogP contribution is 2.37. The maximum atomic E-state index is 6.31. The number of likely N-dealkylation sites (tertiary alicyclic amines) is 1. The fourth-order valence-electron chi connectivity index (χ4n) is 4.03.